The van der Waals surface area contributed by atoms with Crippen molar-refractivity contribution in [3.05, 3.63) is 33.8 Å². The molecule has 0 spiro atoms. The second-order valence-electron chi connectivity index (χ2n) is 4.70. The smallest absolute Gasteiger partial charge is 0.320 e. The van der Waals surface area contributed by atoms with Crippen LogP contribution in [-0.2, 0) is 16.1 Å². The summed E-state index contributed by atoms with van der Waals surface area (Å²) in [5.41, 5.74) is 0.750. The van der Waals surface area contributed by atoms with Gasteiger partial charge >= 0.3 is 5.97 Å². The number of hydrogen-bond donors (Lipinski definition) is 2. The number of halogens is 2. The molecule has 116 valence electrons. The lowest BCUT2D eigenvalue weighted by Crippen LogP contribution is -2.42. The maximum atomic E-state index is 11.2. The first-order valence-electron chi connectivity index (χ1n) is 6.46. The molecule has 1 amide bonds. The van der Waals surface area contributed by atoms with Crippen molar-refractivity contribution in [2.24, 2.45) is 0 Å². The molecule has 1 atom stereocenters. The van der Waals surface area contributed by atoms with Crippen LogP contribution in [0.2, 0.25) is 10.0 Å². The molecule has 0 saturated carbocycles. The Labute approximate surface area is 133 Å². The van der Waals surface area contributed by atoms with E-state index in [9.17, 15) is 14.7 Å². The van der Waals surface area contributed by atoms with Gasteiger partial charge in [-0.1, -0.05) is 23.2 Å². The molecule has 0 aliphatic heterocycles. The highest BCUT2D eigenvalue weighted by molar-refractivity contribution is 6.33. The van der Waals surface area contributed by atoms with Crippen LogP contribution >= 0.6 is 23.2 Å². The van der Waals surface area contributed by atoms with Crippen molar-refractivity contribution in [1.82, 2.24) is 10.2 Å². The molecule has 0 aliphatic carbocycles. The number of aliphatic carboxylic acids is 1. The fourth-order valence-corrected chi connectivity index (χ4v) is 2.20. The third-order valence-electron chi connectivity index (χ3n) is 3.06. The molecule has 0 heterocycles. The highest BCUT2D eigenvalue weighted by Crippen LogP contribution is 2.22. The Morgan fingerprint density at radius 1 is 1.38 bits per heavy atom. The Bertz CT molecular complexity index is 523. The van der Waals surface area contributed by atoms with Crippen LogP contribution in [0.3, 0.4) is 0 Å². The predicted molar refractivity (Wildman–Crippen MR) is 82.7 cm³/mol. The van der Waals surface area contributed by atoms with E-state index in [0.29, 0.717) is 29.7 Å². The quantitative estimate of drug-likeness (QED) is 0.804. The molecule has 2 N–H and O–H groups in total. The molecule has 1 unspecified atom stereocenters. The lowest BCUT2D eigenvalue weighted by Gasteiger charge is -2.26. The van der Waals surface area contributed by atoms with Gasteiger partial charge in [0.2, 0.25) is 5.91 Å². The average molecular weight is 333 g/mol. The van der Waals surface area contributed by atoms with Crippen LogP contribution in [0.4, 0.5) is 0 Å². The fourth-order valence-electron chi connectivity index (χ4n) is 1.82. The number of benzene rings is 1. The summed E-state index contributed by atoms with van der Waals surface area (Å²) in [5, 5.41) is 12.9. The summed E-state index contributed by atoms with van der Waals surface area (Å²) in [6.07, 6.45) is 0. The molecule has 5 nitrogen and oxygen atoms in total. The molecular weight excluding hydrogens is 315 g/mol. The Kier molecular flexibility index (Phi) is 6.95. The highest BCUT2D eigenvalue weighted by Gasteiger charge is 2.21. The van der Waals surface area contributed by atoms with E-state index >= 15 is 0 Å². The molecular formula is C14H18Cl2N2O3. The number of nitrogens with one attached hydrogen (secondary N) is 1. The average Bonchev–Trinajstić information content (AvgIpc) is 2.40. The molecule has 0 aliphatic rings. The first-order chi connectivity index (χ1) is 9.81. The Morgan fingerprint density at radius 2 is 2.05 bits per heavy atom. The van der Waals surface area contributed by atoms with Gasteiger partial charge in [-0.05, 0) is 30.7 Å². The van der Waals surface area contributed by atoms with E-state index in [2.05, 4.69) is 5.32 Å². The molecule has 7 heteroatoms. The van der Waals surface area contributed by atoms with Crippen LogP contribution in [0.15, 0.2) is 18.2 Å². The minimum absolute atomic E-state index is 0.154. The van der Waals surface area contributed by atoms with Crippen LogP contribution < -0.4 is 5.32 Å². The lowest BCUT2D eigenvalue weighted by molar-refractivity contribution is -0.142. The van der Waals surface area contributed by atoms with Crippen LogP contribution in [0, 0.1) is 0 Å². The molecule has 1 rings (SSSR count). The van der Waals surface area contributed by atoms with E-state index in [1.165, 1.54) is 6.92 Å². The molecule has 1 aromatic rings. The van der Waals surface area contributed by atoms with Gasteiger partial charge in [-0.25, -0.2) is 0 Å². The van der Waals surface area contributed by atoms with Crippen molar-refractivity contribution in [3.63, 3.8) is 0 Å². The first-order valence-corrected chi connectivity index (χ1v) is 7.22. The van der Waals surface area contributed by atoms with Crippen LogP contribution in [0.25, 0.3) is 0 Å². The number of carboxylic acids is 1. The maximum Gasteiger partial charge on any atom is 0.320 e. The number of rotatable bonds is 7. The number of carboxylic acid groups (broad SMARTS) is 1. The van der Waals surface area contributed by atoms with Crippen molar-refractivity contribution < 1.29 is 14.7 Å². The number of hydrogen-bond acceptors (Lipinski definition) is 3. The van der Waals surface area contributed by atoms with Crippen molar-refractivity contribution in [2.75, 3.05) is 13.1 Å². The largest absolute Gasteiger partial charge is 0.480 e. The molecule has 21 heavy (non-hydrogen) atoms. The van der Waals surface area contributed by atoms with Crippen LogP contribution in [0.5, 0.6) is 0 Å². The van der Waals surface area contributed by atoms with E-state index < -0.39 is 12.0 Å². The lowest BCUT2D eigenvalue weighted by atomic mass is 10.1. The maximum absolute atomic E-state index is 11.2. The van der Waals surface area contributed by atoms with Gasteiger partial charge in [0.25, 0.3) is 0 Å². The molecule has 0 bridgehead atoms. The fraction of sp³-hybridized carbons (Fsp3) is 0.429. The zero-order chi connectivity index (χ0) is 16.0. The predicted octanol–water partition coefficient (Wildman–Crippen LogP) is 2.40. The molecule has 0 saturated heterocycles. The van der Waals surface area contributed by atoms with Gasteiger partial charge in [0.05, 0.1) is 0 Å². The molecule has 1 aromatic carbocycles. The second-order valence-corrected chi connectivity index (χ2v) is 5.55. The monoisotopic (exact) mass is 332 g/mol. The zero-order valence-electron chi connectivity index (χ0n) is 11.9. The van der Waals surface area contributed by atoms with E-state index in [1.54, 1.807) is 30.0 Å². The van der Waals surface area contributed by atoms with Crippen LogP contribution in [0.1, 0.15) is 19.4 Å². The summed E-state index contributed by atoms with van der Waals surface area (Å²) in [5.74, 6) is -1.09. The summed E-state index contributed by atoms with van der Waals surface area (Å²) in [6.45, 7) is 4.11. The topological polar surface area (TPSA) is 69.6 Å². The van der Waals surface area contributed by atoms with Gasteiger partial charge in [-0.2, -0.15) is 0 Å². The van der Waals surface area contributed by atoms with Gasteiger partial charge in [0.1, 0.15) is 6.04 Å². The summed E-state index contributed by atoms with van der Waals surface area (Å²) in [6, 6.07) is 4.37. The van der Waals surface area contributed by atoms with Gasteiger partial charge < -0.3 is 10.4 Å². The molecule has 0 fully saturated rings. The van der Waals surface area contributed by atoms with E-state index in [4.69, 9.17) is 23.2 Å². The van der Waals surface area contributed by atoms with E-state index in [-0.39, 0.29) is 5.91 Å². The Hall–Kier alpha value is -1.30. The van der Waals surface area contributed by atoms with Crippen molar-refractivity contribution in [3.8, 4) is 0 Å². The zero-order valence-corrected chi connectivity index (χ0v) is 13.4. The van der Waals surface area contributed by atoms with Gasteiger partial charge in [0.15, 0.2) is 0 Å². The van der Waals surface area contributed by atoms with Crippen molar-refractivity contribution in [2.45, 2.75) is 26.4 Å². The Morgan fingerprint density at radius 3 is 2.62 bits per heavy atom. The molecule has 0 radical (unpaired) electrons. The normalized spacial score (nSPS) is 12.2. The minimum atomic E-state index is -0.934. The summed E-state index contributed by atoms with van der Waals surface area (Å²) >= 11 is 12.0. The molecule has 0 aromatic heterocycles. The SMILES string of the molecule is CC(=O)NCCN(Cc1cc(Cl)ccc1Cl)C(C)C(=O)O. The van der Waals surface area contributed by atoms with Crippen LogP contribution in [-0.4, -0.2) is 41.0 Å². The minimum Gasteiger partial charge on any atom is -0.480 e. The second kappa shape index (κ2) is 8.22. The third kappa shape index (κ3) is 5.91. The number of nitrogens with zero attached hydrogens (tertiary/aromatic N) is 1. The van der Waals surface area contributed by atoms with Gasteiger partial charge in [0, 0.05) is 36.6 Å². The third-order valence-corrected chi connectivity index (χ3v) is 3.66. The highest BCUT2D eigenvalue weighted by atomic mass is 35.5. The van der Waals surface area contributed by atoms with Gasteiger partial charge in [-0.3, -0.25) is 14.5 Å². The van der Waals surface area contributed by atoms with Crippen molar-refractivity contribution >= 4 is 35.1 Å². The van der Waals surface area contributed by atoms with Crippen molar-refractivity contribution in [1.29, 1.82) is 0 Å². The standard InChI is InChI=1S/C14H18Cl2N2O3/c1-9(14(20)21)18(6-5-17-10(2)19)8-11-7-12(15)3-4-13(11)16/h3-4,7,9H,5-6,8H2,1-2H3,(H,17,19)(H,20,21). The summed E-state index contributed by atoms with van der Waals surface area (Å²) in [7, 11) is 0. The van der Waals surface area contributed by atoms with Gasteiger partial charge in [-0.15, -0.1) is 0 Å². The van der Waals surface area contributed by atoms with E-state index in [1.807, 2.05) is 0 Å². The first kappa shape index (κ1) is 17.8. The number of carbonyl (C=O) groups excluding carboxylic acids is 1. The number of carbonyl (C=O) groups is 2. The number of amides is 1. The summed E-state index contributed by atoms with van der Waals surface area (Å²) < 4.78 is 0. The summed E-state index contributed by atoms with van der Waals surface area (Å²) in [4.78, 5) is 23.8. The van der Waals surface area contributed by atoms with E-state index in [0.717, 1.165) is 5.56 Å². The Balaban J connectivity index is 2.82.